The summed E-state index contributed by atoms with van der Waals surface area (Å²) in [5, 5.41) is 21.0. The molecular weight excluding hydrogens is 497 g/mol. The van der Waals surface area contributed by atoms with Gasteiger partial charge >= 0.3 is 6.18 Å². The van der Waals surface area contributed by atoms with E-state index in [1.165, 1.54) is 0 Å². The maximum Gasteiger partial charge on any atom is 0.451 e. The Morgan fingerprint density at radius 3 is 2.39 bits per heavy atom. The summed E-state index contributed by atoms with van der Waals surface area (Å²) in [7, 11) is 0. The number of carbonyl (C=O) groups is 1. The number of nitriles is 1. The predicted octanol–water partition coefficient (Wildman–Crippen LogP) is 3.54. The molecule has 0 spiro atoms. The van der Waals surface area contributed by atoms with E-state index in [9.17, 15) is 23.1 Å². The molecule has 11 heteroatoms. The zero-order chi connectivity index (χ0) is 27.1. The number of aromatic nitrogens is 2. The molecule has 3 heterocycles. The van der Waals surface area contributed by atoms with Crippen molar-refractivity contribution in [2.75, 3.05) is 49.1 Å². The Labute approximate surface area is 220 Å². The lowest BCUT2D eigenvalue weighted by molar-refractivity contribution is -0.144. The van der Waals surface area contributed by atoms with Crippen LogP contribution in [0, 0.1) is 23.2 Å². The molecule has 2 aliphatic rings. The first kappa shape index (κ1) is 27.6. The minimum absolute atomic E-state index is 0.111. The number of hydrogen-bond donors (Lipinski definition) is 2. The molecule has 2 aliphatic heterocycles. The van der Waals surface area contributed by atoms with Gasteiger partial charge in [-0.3, -0.25) is 4.79 Å². The number of amides is 1. The van der Waals surface area contributed by atoms with Crippen molar-refractivity contribution in [1.29, 1.82) is 5.26 Å². The standard InChI is InChI=1S/C27H33F3N6O2/c28-27(29,30)26-33-23(35-13-8-20(9-14-35)10-15-37)16-24(34-26)36-12-1-2-22(18-36)25(38)32-11-7-19-3-5-21(17-31)6-4-19/h3-6,16,20,22,37H,1-2,7-15,18H2,(H,32,38)/t22-/m1/s1. The number of rotatable bonds is 8. The fourth-order valence-electron chi connectivity index (χ4n) is 5.13. The average molecular weight is 531 g/mol. The lowest BCUT2D eigenvalue weighted by atomic mass is 9.94. The highest BCUT2D eigenvalue weighted by Crippen LogP contribution is 2.33. The van der Waals surface area contributed by atoms with E-state index >= 15 is 0 Å². The number of halogens is 3. The molecule has 0 radical (unpaired) electrons. The number of nitrogens with one attached hydrogen (secondary N) is 1. The van der Waals surface area contributed by atoms with E-state index in [4.69, 9.17) is 5.26 Å². The first-order valence-corrected chi connectivity index (χ1v) is 13.1. The molecule has 38 heavy (non-hydrogen) atoms. The fourth-order valence-corrected chi connectivity index (χ4v) is 5.13. The van der Waals surface area contributed by atoms with Crippen LogP contribution in [-0.4, -0.2) is 60.3 Å². The zero-order valence-electron chi connectivity index (χ0n) is 21.3. The summed E-state index contributed by atoms with van der Waals surface area (Å²) in [5.41, 5.74) is 1.58. The van der Waals surface area contributed by atoms with E-state index in [0.717, 1.165) is 18.4 Å². The highest BCUT2D eigenvalue weighted by Gasteiger charge is 2.37. The molecule has 1 aromatic heterocycles. The molecule has 0 bridgehead atoms. The van der Waals surface area contributed by atoms with Gasteiger partial charge in [-0.2, -0.15) is 18.4 Å². The number of carbonyl (C=O) groups excluding carboxylic acids is 1. The lowest BCUT2D eigenvalue weighted by Gasteiger charge is -2.35. The largest absolute Gasteiger partial charge is 0.451 e. The van der Waals surface area contributed by atoms with Crippen molar-refractivity contribution in [2.24, 2.45) is 11.8 Å². The van der Waals surface area contributed by atoms with Gasteiger partial charge in [0, 0.05) is 45.4 Å². The van der Waals surface area contributed by atoms with Crippen LogP contribution in [0.15, 0.2) is 30.3 Å². The Hall–Kier alpha value is -3.39. The van der Waals surface area contributed by atoms with E-state index < -0.39 is 12.0 Å². The minimum atomic E-state index is -4.68. The van der Waals surface area contributed by atoms with Crippen molar-refractivity contribution >= 4 is 17.5 Å². The molecular formula is C27H33F3N6O2. The summed E-state index contributed by atoms with van der Waals surface area (Å²) in [6.07, 6.45) is -0.472. The van der Waals surface area contributed by atoms with Crippen LogP contribution in [0.1, 0.15) is 49.1 Å². The van der Waals surface area contributed by atoms with Crippen LogP contribution in [0.3, 0.4) is 0 Å². The van der Waals surface area contributed by atoms with Crippen LogP contribution in [0.4, 0.5) is 24.8 Å². The summed E-state index contributed by atoms with van der Waals surface area (Å²) in [5.74, 6) is -0.852. The van der Waals surface area contributed by atoms with Crippen LogP contribution in [0.5, 0.6) is 0 Å². The van der Waals surface area contributed by atoms with Crippen molar-refractivity contribution in [3.05, 3.63) is 47.3 Å². The molecule has 0 saturated carbocycles. The number of piperidine rings is 2. The number of nitrogens with zero attached hydrogens (tertiary/aromatic N) is 5. The zero-order valence-corrected chi connectivity index (χ0v) is 21.3. The second kappa shape index (κ2) is 12.4. The molecule has 2 N–H and O–H groups in total. The maximum absolute atomic E-state index is 13.7. The first-order valence-electron chi connectivity index (χ1n) is 13.1. The highest BCUT2D eigenvalue weighted by atomic mass is 19.4. The summed E-state index contributed by atoms with van der Waals surface area (Å²) in [6.45, 7) is 2.49. The summed E-state index contributed by atoms with van der Waals surface area (Å²) >= 11 is 0. The Bertz CT molecular complexity index is 1130. The Balaban J connectivity index is 1.41. The third kappa shape index (κ3) is 7.13. The quantitative estimate of drug-likeness (QED) is 0.538. The number of aliphatic hydroxyl groups is 1. The van der Waals surface area contributed by atoms with Crippen molar-refractivity contribution in [2.45, 2.75) is 44.7 Å². The maximum atomic E-state index is 13.7. The molecule has 1 aromatic carbocycles. The molecule has 204 valence electrons. The number of benzene rings is 1. The molecule has 2 saturated heterocycles. The second-order valence-electron chi connectivity index (χ2n) is 9.98. The second-order valence-corrected chi connectivity index (χ2v) is 9.98. The third-order valence-corrected chi connectivity index (χ3v) is 7.34. The topological polar surface area (TPSA) is 105 Å². The summed E-state index contributed by atoms with van der Waals surface area (Å²) in [6, 6.07) is 10.9. The van der Waals surface area contributed by atoms with E-state index in [1.54, 1.807) is 23.1 Å². The van der Waals surface area contributed by atoms with Gasteiger partial charge in [-0.15, -0.1) is 0 Å². The van der Waals surface area contributed by atoms with Crippen LogP contribution >= 0.6 is 0 Å². The summed E-state index contributed by atoms with van der Waals surface area (Å²) in [4.78, 5) is 24.2. The normalized spacial score (nSPS) is 18.8. The molecule has 1 amide bonds. The van der Waals surface area contributed by atoms with Crippen LogP contribution < -0.4 is 15.1 Å². The van der Waals surface area contributed by atoms with Gasteiger partial charge in [0.15, 0.2) is 0 Å². The number of aliphatic hydroxyl groups excluding tert-OH is 1. The van der Waals surface area contributed by atoms with Crippen LogP contribution in [0.2, 0.25) is 0 Å². The molecule has 2 aromatic rings. The third-order valence-electron chi connectivity index (χ3n) is 7.34. The Morgan fingerprint density at radius 1 is 1.08 bits per heavy atom. The predicted molar refractivity (Wildman–Crippen MR) is 136 cm³/mol. The Kier molecular flexibility index (Phi) is 9.05. The molecule has 4 rings (SSSR count). The molecule has 2 fully saturated rings. The van der Waals surface area contributed by atoms with Gasteiger partial charge < -0.3 is 20.2 Å². The van der Waals surface area contributed by atoms with Gasteiger partial charge in [0.2, 0.25) is 11.7 Å². The molecule has 0 aliphatic carbocycles. The highest BCUT2D eigenvalue weighted by molar-refractivity contribution is 5.79. The lowest BCUT2D eigenvalue weighted by Crippen LogP contribution is -2.44. The minimum Gasteiger partial charge on any atom is -0.396 e. The van der Waals surface area contributed by atoms with Gasteiger partial charge in [0.05, 0.1) is 17.6 Å². The van der Waals surface area contributed by atoms with E-state index in [2.05, 4.69) is 21.4 Å². The van der Waals surface area contributed by atoms with E-state index in [1.807, 2.05) is 17.0 Å². The average Bonchev–Trinajstić information content (AvgIpc) is 2.93. The molecule has 0 unspecified atom stereocenters. The summed E-state index contributed by atoms with van der Waals surface area (Å²) < 4.78 is 41.1. The van der Waals surface area contributed by atoms with Crippen LogP contribution in [0.25, 0.3) is 0 Å². The molecule has 8 nitrogen and oxygen atoms in total. The van der Waals surface area contributed by atoms with E-state index in [0.29, 0.717) is 63.3 Å². The molecule has 1 atom stereocenters. The van der Waals surface area contributed by atoms with Crippen molar-refractivity contribution in [1.82, 2.24) is 15.3 Å². The van der Waals surface area contributed by atoms with Crippen LogP contribution in [-0.2, 0) is 17.4 Å². The van der Waals surface area contributed by atoms with Gasteiger partial charge in [-0.1, -0.05) is 12.1 Å². The monoisotopic (exact) mass is 530 g/mol. The van der Waals surface area contributed by atoms with Gasteiger partial charge in [-0.05, 0) is 62.1 Å². The van der Waals surface area contributed by atoms with Gasteiger partial charge in [-0.25, -0.2) is 9.97 Å². The van der Waals surface area contributed by atoms with Crippen molar-refractivity contribution in [3.8, 4) is 6.07 Å². The first-order chi connectivity index (χ1) is 18.3. The fraction of sp³-hybridized carbons (Fsp3) is 0.556. The van der Waals surface area contributed by atoms with Gasteiger partial charge in [0.1, 0.15) is 11.6 Å². The van der Waals surface area contributed by atoms with E-state index in [-0.39, 0.29) is 36.6 Å². The van der Waals surface area contributed by atoms with Crippen molar-refractivity contribution < 1.29 is 23.1 Å². The van der Waals surface area contributed by atoms with Crippen molar-refractivity contribution in [3.63, 3.8) is 0 Å². The number of hydrogen-bond acceptors (Lipinski definition) is 7. The van der Waals surface area contributed by atoms with Gasteiger partial charge in [0.25, 0.3) is 0 Å². The number of anilines is 2. The number of alkyl halides is 3. The Morgan fingerprint density at radius 2 is 1.76 bits per heavy atom. The SMILES string of the molecule is N#Cc1ccc(CCNC(=O)[C@@H]2CCCN(c3cc(N4CCC(CCO)CC4)nc(C(F)(F)F)n3)C2)cc1. The smallest absolute Gasteiger partial charge is 0.396 e.